The summed E-state index contributed by atoms with van der Waals surface area (Å²) < 4.78 is 0. The van der Waals surface area contributed by atoms with E-state index in [2.05, 4.69) is 166 Å². The first kappa shape index (κ1) is 141. The normalized spacial score (nSPS) is 11.7. The van der Waals surface area contributed by atoms with Crippen molar-refractivity contribution in [1.82, 2.24) is 0 Å². The Morgan fingerprint density at radius 1 is 0.0635 bits per heavy atom. The highest BCUT2D eigenvalue weighted by Gasteiger charge is 2.14. The van der Waals surface area contributed by atoms with Crippen LogP contribution in [-0.2, 0) is 0 Å². The van der Waals surface area contributed by atoms with Gasteiger partial charge < -0.3 is 0 Å². The minimum absolute atomic E-state index is 1.03. The molecule has 0 aliphatic heterocycles. The first-order valence-corrected chi connectivity index (χ1v) is 61.8. The molecule has 0 aromatic rings. The third-order valence-electron chi connectivity index (χ3n) is 28.4. The van der Waals surface area contributed by atoms with E-state index in [4.69, 9.17) is 0 Å². The summed E-state index contributed by atoms with van der Waals surface area (Å²) in [4.78, 5) is 0. The van der Waals surface area contributed by atoms with Gasteiger partial charge in [0.15, 0.2) is 0 Å². The molecule has 0 aromatic heterocycles. The number of hydrogen-bond acceptors (Lipinski definition) is 0. The van der Waals surface area contributed by atoms with Gasteiger partial charge in [0.2, 0.25) is 0 Å². The maximum atomic E-state index is 2.35. The minimum atomic E-state index is 1.03. The Bertz CT molecular complexity index is 1550. The smallest absolute Gasteiger partial charge is 0.0414 e. The maximum Gasteiger partial charge on any atom is -0.0414 e. The van der Waals surface area contributed by atoms with E-state index >= 15 is 0 Å². The van der Waals surface area contributed by atoms with Gasteiger partial charge in [-0.2, -0.15) is 0 Å². The van der Waals surface area contributed by atoms with E-state index in [0.29, 0.717) is 0 Å². The molecule has 2 atom stereocenters. The lowest BCUT2D eigenvalue weighted by molar-refractivity contribution is 0.378. The SMILES string of the molecule is CCCCCC(CCC)CCC.CCCCCCCC(CCC)CCC.CCCCCCCC(CCC)CCC.CCCCCCCC(CCC)CCCCC.CCCCCCCC(CCC)CCCCCCC.CCCCCCCCCC(CCC)CCC.CCCCCCCCCC(CCC)CCCCC.CCCCCCCCCCCC(CCC)CCC. The van der Waals surface area contributed by atoms with Gasteiger partial charge in [0, 0.05) is 0 Å². The van der Waals surface area contributed by atoms with E-state index in [0.717, 1.165) is 47.3 Å². The summed E-state index contributed by atoms with van der Waals surface area (Å²) in [6, 6.07) is 0. The lowest BCUT2D eigenvalue weighted by Gasteiger charge is -2.15. The molecule has 2 unspecified atom stereocenters. The van der Waals surface area contributed by atoms with Crippen LogP contribution in [0.25, 0.3) is 0 Å². The largest absolute Gasteiger partial charge is 0.0654 e. The number of hydrogen-bond donors (Lipinski definition) is 0. The fourth-order valence-electron chi connectivity index (χ4n) is 20.5. The van der Waals surface area contributed by atoms with Gasteiger partial charge in [-0.15, -0.1) is 0 Å². The standard InChI is InChI=1S/3C18H38.2C16H34.2C14H30.C12H26/c1-4-7-8-9-10-11-12-13-14-17-18(15-5-2)16-6-3;1-4-7-9-10-11-12-14-17-18(15-6-3)16-13-8-5-2;1-4-7-9-11-13-16-18(15-6-3)17-14-12-10-8-5-2;1-4-7-8-9-10-11-12-15-16(13-5-2)14-6-3;1-4-7-9-10-12-15-16(13-6-3)14-11-8-5-2;2*1-4-7-8-9-10-13-14(11-5-2)12-6-3;1-4-7-8-11-12(9-5-2)10-6-3/h3*18H,4-17H2,1-3H3;2*16H,4-15H2,1-3H3;2*14H,4-13H2,1-3H3;12H,4-11H2,1-3H3. The van der Waals surface area contributed by atoms with Crippen molar-refractivity contribution in [3.63, 3.8) is 0 Å². The monoisotopic (exact) mass is 1780 g/mol. The highest BCUT2D eigenvalue weighted by Crippen LogP contribution is 2.30. The maximum absolute atomic E-state index is 2.35. The molecule has 0 saturated heterocycles. The number of unbranched alkanes of at least 4 members (excludes halogenated alkanes) is 46. The fraction of sp³-hybridized carbons (Fsp3) is 1.00. The molecule has 126 heavy (non-hydrogen) atoms. The van der Waals surface area contributed by atoms with Crippen molar-refractivity contribution in [1.29, 1.82) is 0 Å². The van der Waals surface area contributed by atoms with Gasteiger partial charge in [0.05, 0.1) is 0 Å². The van der Waals surface area contributed by atoms with Crippen LogP contribution in [0.4, 0.5) is 0 Å². The Morgan fingerprint density at radius 2 is 0.127 bits per heavy atom. The molecule has 772 valence electrons. The summed E-state index contributed by atoms with van der Waals surface area (Å²) in [5, 5.41) is 0. The summed E-state index contributed by atoms with van der Waals surface area (Å²) in [7, 11) is 0. The highest BCUT2D eigenvalue weighted by atomic mass is 14.2. The van der Waals surface area contributed by atoms with E-state index in [1.165, 1.54) is 604 Å². The summed E-state index contributed by atoms with van der Waals surface area (Å²) >= 11 is 0. The third kappa shape index (κ3) is 135. The first-order chi connectivity index (χ1) is 61.8. The van der Waals surface area contributed by atoms with Crippen LogP contribution in [0.15, 0.2) is 0 Å². The van der Waals surface area contributed by atoms with Crippen molar-refractivity contribution in [2.45, 2.75) is 770 Å². The fourth-order valence-corrected chi connectivity index (χ4v) is 20.5. The van der Waals surface area contributed by atoms with Gasteiger partial charge in [0.1, 0.15) is 0 Å². The zero-order valence-corrected chi connectivity index (χ0v) is 95.1. The molecule has 0 nitrogen and oxygen atoms in total. The molecule has 0 aromatic carbocycles. The number of rotatable bonds is 94. The van der Waals surface area contributed by atoms with Crippen molar-refractivity contribution in [3.05, 3.63) is 0 Å². The van der Waals surface area contributed by atoms with Gasteiger partial charge in [0.25, 0.3) is 0 Å². The zero-order valence-electron chi connectivity index (χ0n) is 95.1. The molecule has 0 bridgehead atoms. The van der Waals surface area contributed by atoms with Crippen LogP contribution >= 0.6 is 0 Å². The molecule has 0 heteroatoms. The van der Waals surface area contributed by atoms with Crippen LogP contribution in [0.5, 0.6) is 0 Å². The van der Waals surface area contributed by atoms with Crippen molar-refractivity contribution in [3.8, 4) is 0 Å². The van der Waals surface area contributed by atoms with Crippen LogP contribution < -0.4 is 0 Å². The summed E-state index contributed by atoms with van der Waals surface area (Å²) in [6.07, 6.45) is 136. The summed E-state index contributed by atoms with van der Waals surface area (Å²) in [6.45, 7) is 55.5. The molecule has 0 saturated carbocycles. The molecule has 0 rings (SSSR count). The van der Waals surface area contributed by atoms with Crippen LogP contribution in [0.3, 0.4) is 0 Å². The predicted molar refractivity (Wildman–Crippen MR) is 598 cm³/mol. The van der Waals surface area contributed by atoms with Crippen molar-refractivity contribution in [2.24, 2.45) is 47.3 Å². The molecular formula is C126H268. The molecule has 0 N–H and O–H groups in total. The average molecular weight is 1780 g/mol. The van der Waals surface area contributed by atoms with Crippen LogP contribution in [-0.4, -0.2) is 0 Å². The lowest BCUT2D eigenvalue weighted by atomic mass is 9.91. The van der Waals surface area contributed by atoms with Gasteiger partial charge >= 0.3 is 0 Å². The molecule has 0 amide bonds. The van der Waals surface area contributed by atoms with E-state index < -0.39 is 0 Å². The molecule has 0 aliphatic rings. The molecular weight excluding hydrogens is 1510 g/mol. The quantitative estimate of drug-likeness (QED) is 0.0533. The Kier molecular flexibility index (Phi) is 155. The highest BCUT2D eigenvalue weighted by molar-refractivity contribution is 4.67. The first-order valence-electron chi connectivity index (χ1n) is 61.8. The van der Waals surface area contributed by atoms with Gasteiger partial charge in [-0.25, -0.2) is 0 Å². The van der Waals surface area contributed by atoms with Gasteiger partial charge in [-0.1, -0.05) is 770 Å². The molecule has 0 aliphatic carbocycles. The van der Waals surface area contributed by atoms with Gasteiger partial charge in [-0.05, 0) is 47.3 Å². The Hall–Kier alpha value is 0. The Balaban J connectivity index is -0.000000211. The van der Waals surface area contributed by atoms with E-state index in [9.17, 15) is 0 Å². The predicted octanol–water partition coefficient (Wildman–Crippen LogP) is 50.0. The third-order valence-corrected chi connectivity index (χ3v) is 28.4. The molecule has 0 radical (unpaired) electrons. The van der Waals surface area contributed by atoms with Crippen LogP contribution in [0.1, 0.15) is 770 Å². The lowest BCUT2D eigenvalue weighted by Crippen LogP contribution is -2.00. The molecule has 0 heterocycles. The Labute approximate surface area is 811 Å². The van der Waals surface area contributed by atoms with E-state index in [1.54, 1.807) is 0 Å². The second-order valence-corrected chi connectivity index (χ2v) is 42.1. The second kappa shape index (κ2) is 138. The molecule has 0 spiro atoms. The summed E-state index contributed by atoms with van der Waals surface area (Å²) in [5.41, 5.74) is 0. The topological polar surface area (TPSA) is 0 Å². The van der Waals surface area contributed by atoms with Crippen LogP contribution in [0, 0.1) is 47.3 Å². The van der Waals surface area contributed by atoms with Crippen LogP contribution in [0.2, 0.25) is 0 Å². The zero-order chi connectivity index (χ0) is 95.1. The Morgan fingerprint density at radius 3 is 0.214 bits per heavy atom. The second-order valence-electron chi connectivity index (χ2n) is 42.1. The van der Waals surface area contributed by atoms with Crippen molar-refractivity contribution < 1.29 is 0 Å². The summed E-state index contributed by atoms with van der Waals surface area (Å²) in [5.74, 6) is 8.29. The minimum Gasteiger partial charge on any atom is -0.0654 e. The van der Waals surface area contributed by atoms with E-state index in [1.807, 2.05) is 0 Å². The van der Waals surface area contributed by atoms with Gasteiger partial charge in [-0.3, -0.25) is 0 Å². The average Bonchev–Trinajstić information content (AvgIpc) is 0.999. The molecule has 0 fully saturated rings. The van der Waals surface area contributed by atoms with Crippen molar-refractivity contribution >= 4 is 0 Å². The van der Waals surface area contributed by atoms with Crippen molar-refractivity contribution in [2.75, 3.05) is 0 Å². The van der Waals surface area contributed by atoms with E-state index in [-0.39, 0.29) is 0 Å².